The second kappa shape index (κ2) is 7.74. The van der Waals surface area contributed by atoms with Crippen LogP contribution in [0.2, 0.25) is 0 Å². The van der Waals surface area contributed by atoms with Crippen molar-refractivity contribution in [2.45, 2.75) is 32.2 Å². The van der Waals surface area contributed by atoms with Crippen LogP contribution in [0.25, 0.3) is 22.3 Å². The summed E-state index contributed by atoms with van der Waals surface area (Å²) in [5, 5.41) is 20.9. The van der Waals surface area contributed by atoms with Crippen molar-refractivity contribution in [3.63, 3.8) is 0 Å². The minimum absolute atomic E-state index is 0. The summed E-state index contributed by atoms with van der Waals surface area (Å²) in [5.74, 6) is -0.0340. The van der Waals surface area contributed by atoms with E-state index in [1.165, 1.54) is 22.3 Å². The summed E-state index contributed by atoms with van der Waals surface area (Å²) in [4.78, 5) is 2.58. The molecule has 2 N–H and O–H groups in total. The number of aromatic hydroxyl groups is 2. The number of hydrogen-bond donors (Lipinski definition) is 2. The lowest BCUT2D eigenvalue weighted by molar-refractivity contribution is 0.183. The Bertz CT molecular complexity index is 1050. The van der Waals surface area contributed by atoms with Crippen LogP contribution in [0.3, 0.4) is 0 Å². The van der Waals surface area contributed by atoms with E-state index < -0.39 is 0 Å². The number of phenolic OH excluding ortho intramolecular Hbond substituents is 2. The Morgan fingerprint density at radius 1 is 0.966 bits per heavy atom. The summed E-state index contributed by atoms with van der Waals surface area (Å²) >= 11 is 0. The van der Waals surface area contributed by atoms with Gasteiger partial charge in [-0.3, -0.25) is 4.90 Å². The van der Waals surface area contributed by atoms with E-state index in [0.29, 0.717) is 6.04 Å². The summed E-state index contributed by atoms with van der Waals surface area (Å²) in [6, 6.07) is 18.9. The third-order valence-electron chi connectivity index (χ3n) is 6.25. The van der Waals surface area contributed by atoms with Gasteiger partial charge in [0, 0.05) is 18.2 Å². The molecule has 0 aromatic heterocycles. The number of phenols is 2. The van der Waals surface area contributed by atoms with Crippen molar-refractivity contribution in [2.75, 3.05) is 13.1 Å². The molecule has 0 radical (unpaired) electrons. The van der Waals surface area contributed by atoms with Gasteiger partial charge in [-0.15, -0.1) is 12.4 Å². The molecule has 1 aliphatic heterocycles. The van der Waals surface area contributed by atoms with Gasteiger partial charge in [-0.2, -0.15) is 0 Å². The first-order valence-corrected chi connectivity index (χ1v) is 10.2. The first-order chi connectivity index (χ1) is 13.7. The van der Waals surface area contributed by atoms with E-state index in [1.54, 1.807) is 6.07 Å². The quantitative estimate of drug-likeness (QED) is 0.546. The van der Waals surface area contributed by atoms with Crippen molar-refractivity contribution >= 4 is 12.4 Å². The summed E-state index contributed by atoms with van der Waals surface area (Å²) in [7, 11) is 0. The maximum absolute atomic E-state index is 10.7. The fraction of sp³-hybridized carbons (Fsp3) is 0.280. The van der Waals surface area contributed by atoms with E-state index in [-0.39, 0.29) is 23.9 Å². The molecule has 2 aliphatic rings. The van der Waals surface area contributed by atoms with Crippen molar-refractivity contribution in [2.24, 2.45) is 0 Å². The summed E-state index contributed by atoms with van der Waals surface area (Å²) in [6.45, 7) is 4.39. The Morgan fingerprint density at radius 3 is 2.52 bits per heavy atom. The van der Waals surface area contributed by atoms with Crippen molar-refractivity contribution in [1.82, 2.24) is 4.90 Å². The number of fused-ring (bicyclic) bond motifs is 2. The van der Waals surface area contributed by atoms with Crippen molar-refractivity contribution in [1.29, 1.82) is 0 Å². The lowest BCUT2D eigenvalue weighted by Gasteiger charge is -2.42. The van der Waals surface area contributed by atoms with Crippen LogP contribution >= 0.6 is 12.4 Å². The van der Waals surface area contributed by atoms with Gasteiger partial charge in [-0.1, -0.05) is 49.4 Å². The molecule has 0 saturated carbocycles. The third-order valence-corrected chi connectivity index (χ3v) is 6.25. The zero-order chi connectivity index (χ0) is 19.3. The highest BCUT2D eigenvalue weighted by molar-refractivity contribution is 5.86. The van der Waals surface area contributed by atoms with Gasteiger partial charge in [-0.25, -0.2) is 0 Å². The Kier molecular flexibility index (Phi) is 5.28. The minimum Gasteiger partial charge on any atom is -0.504 e. The molecule has 29 heavy (non-hydrogen) atoms. The Morgan fingerprint density at radius 2 is 1.76 bits per heavy atom. The van der Waals surface area contributed by atoms with Crippen LogP contribution in [-0.4, -0.2) is 28.2 Å². The van der Waals surface area contributed by atoms with E-state index >= 15 is 0 Å². The van der Waals surface area contributed by atoms with Crippen LogP contribution in [0.1, 0.15) is 36.1 Å². The number of benzene rings is 3. The Labute approximate surface area is 178 Å². The number of rotatable bonds is 3. The van der Waals surface area contributed by atoms with Crippen LogP contribution in [-0.2, 0) is 12.8 Å². The molecule has 4 heteroatoms. The smallest absolute Gasteiger partial charge is 0.165 e. The SMILES string of the molecule is CCCN1CCc2cc(-c3ccccc3)cc3c2C1Cc1ccc(O)c(O)c1-3.Cl. The third kappa shape index (κ3) is 3.19. The second-order valence-corrected chi connectivity index (χ2v) is 7.94. The molecule has 0 bridgehead atoms. The van der Waals surface area contributed by atoms with Gasteiger partial charge in [-0.05, 0) is 71.3 Å². The molecule has 0 spiro atoms. The van der Waals surface area contributed by atoms with Gasteiger partial charge in [0.2, 0.25) is 0 Å². The topological polar surface area (TPSA) is 43.7 Å². The largest absolute Gasteiger partial charge is 0.504 e. The highest BCUT2D eigenvalue weighted by atomic mass is 35.5. The first-order valence-electron chi connectivity index (χ1n) is 10.2. The van der Waals surface area contributed by atoms with E-state index in [0.717, 1.165) is 49.0 Å². The molecule has 0 amide bonds. The van der Waals surface area contributed by atoms with Crippen LogP contribution < -0.4 is 0 Å². The standard InChI is InChI=1S/C25H25NO2.ClH/c1-2-11-26-12-10-18-13-19(16-6-4-3-5-7-16)14-20-23(18)21(26)15-17-8-9-22(27)25(28)24(17)20;/h3-9,13-14,21,27-28H,2,10-12,15H2,1H3;1H. The highest BCUT2D eigenvalue weighted by Crippen LogP contribution is 2.51. The van der Waals surface area contributed by atoms with Gasteiger partial charge >= 0.3 is 0 Å². The van der Waals surface area contributed by atoms with Crippen LogP contribution in [0, 0.1) is 0 Å². The predicted molar refractivity (Wildman–Crippen MR) is 120 cm³/mol. The van der Waals surface area contributed by atoms with Crippen molar-refractivity contribution in [3.8, 4) is 33.8 Å². The first kappa shape index (κ1) is 19.8. The number of hydrogen-bond acceptors (Lipinski definition) is 3. The van der Waals surface area contributed by atoms with Crippen molar-refractivity contribution < 1.29 is 10.2 Å². The normalized spacial score (nSPS) is 17.2. The zero-order valence-corrected chi connectivity index (χ0v) is 17.4. The van der Waals surface area contributed by atoms with Crippen LogP contribution in [0.5, 0.6) is 11.5 Å². The van der Waals surface area contributed by atoms with E-state index in [1.807, 2.05) is 12.1 Å². The molecule has 1 atom stereocenters. The average Bonchev–Trinajstić information content (AvgIpc) is 2.73. The molecular weight excluding hydrogens is 382 g/mol. The van der Waals surface area contributed by atoms with Gasteiger partial charge < -0.3 is 10.2 Å². The molecule has 5 rings (SSSR count). The highest BCUT2D eigenvalue weighted by Gasteiger charge is 2.36. The van der Waals surface area contributed by atoms with Crippen molar-refractivity contribution in [3.05, 3.63) is 71.3 Å². The van der Waals surface area contributed by atoms with Gasteiger partial charge in [0.15, 0.2) is 11.5 Å². The predicted octanol–water partition coefficient (Wildman–Crippen LogP) is 5.72. The van der Waals surface area contributed by atoms with Crippen LogP contribution in [0.15, 0.2) is 54.6 Å². The molecule has 0 fully saturated rings. The Hall–Kier alpha value is -2.49. The van der Waals surface area contributed by atoms with Gasteiger partial charge in [0.1, 0.15) is 0 Å². The molecule has 1 heterocycles. The zero-order valence-electron chi connectivity index (χ0n) is 16.6. The lowest BCUT2D eigenvalue weighted by Crippen LogP contribution is -2.38. The molecular formula is C25H26ClNO2. The molecule has 3 nitrogen and oxygen atoms in total. The number of nitrogens with zero attached hydrogens (tertiary/aromatic N) is 1. The lowest BCUT2D eigenvalue weighted by atomic mass is 9.75. The maximum atomic E-state index is 10.7. The minimum atomic E-state index is -0.0442. The molecule has 1 aliphatic carbocycles. The molecule has 0 saturated heterocycles. The van der Waals surface area contributed by atoms with E-state index in [4.69, 9.17) is 0 Å². The second-order valence-electron chi connectivity index (χ2n) is 7.94. The summed E-state index contributed by atoms with van der Waals surface area (Å²) < 4.78 is 0. The fourth-order valence-corrected chi connectivity index (χ4v) is 5.01. The summed E-state index contributed by atoms with van der Waals surface area (Å²) in [6.07, 6.45) is 3.04. The van der Waals surface area contributed by atoms with Crippen LogP contribution in [0.4, 0.5) is 0 Å². The Balaban J connectivity index is 0.00000205. The maximum Gasteiger partial charge on any atom is 0.165 e. The molecule has 3 aromatic rings. The van der Waals surface area contributed by atoms with E-state index in [9.17, 15) is 10.2 Å². The number of halogens is 1. The average molecular weight is 408 g/mol. The van der Waals surface area contributed by atoms with Gasteiger partial charge in [0.25, 0.3) is 0 Å². The molecule has 3 aromatic carbocycles. The molecule has 1 unspecified atom stereocenters. The monoisotopic (exact) mass is 407 g/mol. The van der Waals surface area contributed by atoms with Gasteiger partial charge in [0.05, 0.1) is 0 Å². The van der Waals surface area contributed by atoms with E-state index in [2.05, 4.69) is 48.2 Å². The summed E-state index contributed by atoms with van der Waals surface area (Å²) in [5.41, 5.74) is 8.08. The molecule has 150 valence electrons. The fourth-order valence-electron chi connectivity index (χ4n) is 5.01.